The van der Waals surface area contributed by atoms with Gasteiger partial charge in [-0.3, -0.25) is 0 Å². The summed E-state index contributed by atoms with van der Waals surface area (Å²) in [5, 5.41) is 0. The highest BCUT2D eigenvalue weighted by atomic mass is 127. The standard InChI is InChI=1S/C12H10ClIS/c1-2-8-3-5-9(6-4-8)10-7-11(13)15-12(10)14/h3-7H,2H2,1H3. The van der Waals surface area contributed by atoms with E-state index >= 15 is 0 Å². The third kappa shape index (κ3) is 2.55. The van der Waals surface area contributed by atoms with Crippen molar-refractivity contribution in [2.75, 3.05) is 0 Å². The van der Waals surface area contributed by atoms with Gasteiger partial charge in [-0.05, 0) is 46.2 Å². The van der Waals surface area contributed by atoms with E-state index in [9.17, 15) is 0 Å². The van der Waals surface area contributed by atoms with Gasteiger partial charge < -0.3 is 0 Å². The summed E-state index contributed by atoms with van der Waals surface area (Å²) in [5.41, 5.74) is 3.86. The maximum absolute atomic E-state index is 5.99. The Balaban J connectivity index is 2.41. The van der Waals surface area contributed by atoms with Gasteiger partial charge in [0.15, 0.2) is 0 Å². The zero-order chi connectivity index (χ0) is 10.8. The number of halogens is 2. The van der Waals surface area contributed by atoms with Gasteiger partial charge in [-0.15, -0.1) is 11.3 Å². The van der Waals surface area contributed by atoms with Crippen LogP contribution >= 0.6 is 45.5 Å². The molecular formula is C12H10ClIS. The van der Waals surface area contributed by atoms with Crippen molar-refractivity contribution in [3.8, 4) is 11.1 Å². The van der Waals surface area contributed by atoms with Gasteiger partial charge in [-0.2, -0.15) is 0 Å². The van der Waals surface area contributed by atoms with Crippen molar-refractivity contribution in [2.45, 2.75) is 13.3 Å². The minimum absolute atomic E-state index is 0.856. The highest BCUT2D eigenvalue weighted by Crippen LogP contribution is 2.35. The van der Waals surface area contributed by atoms with Crippen LogP contribution in [0.3, 0.4) is 0 Å². The van der Waals surface area contributed by atoms with E-state index in [4.69, 9.17) is 11.6 Å². The van der Waals surface area contributed by atoms with Gasteiger partial charge in [0.2, 0.25) is 0 Å². The molecule has 2 aromatic rings. The number of rotatable bonds is 2. The molecule has 0 aliphatic heterocycles. The molecule has 0 fully saturated rings. The molecule has 2 rings (SSSR count). The van der Waals surface area contributed by atoms with E-state index in [1.165, 1.54) is 19.6 Å². The van der Waals surface area contributed by atoms with E-state index in [-0.39, 0.29) is 0 Å². The van der Waals surface area contributed by atoms with E-state index in [1.54, 1.807) is 11.3 Å². The number of thiophene rings is 1. The first-order chi connectivity index (χ1) is 7.20. The van der Waals surface area contributed by atoms with E-state index < -0.39 is 0 Å². The molecule has 0 radical (unpaired) electrons. The maximum Gasteiger partial charge on any atom is 0.0946 e. The fraction of sp³-hybridized carbons (Fsp3) is 0.167. The zero-order valence-electron chi connectivity index (χ0n) is 8.26. The Morgan fingerprint density at radius 2 is 1.93 bits per heavy atom. The van der Waals surface area contributed by atoms with Crippen LogP contribution in [0.2, 0.25) is 4.34 Å². The lowest BCUT2D eigenvalue weighted by molar-refractivity contribution is 1.14. The second kappa shape index (κ2) is 4.85. The van der Waals surface area contributed by atoms with E-state index in [0.29, 0.717) is 0 Å². The molecule has 0 aliphatic rings. The van der Waals surface area contributed by atoms with Gasteiger partial charge in [-0.25, -0.2) is 0 Å². The van der Waals surface area contributed by atoms with Crippen molar-refractivity contribution in [2.24, 2.45) is 0 Å². The van der Waals surface area contributed by atoms with Gasteiger partial charge in [-0.1, -0.05) is 42.8 Å². The lowest BCUT2D eigenvalue weighted by Gasteiger charge is -2.01. The first kappa shape index (κ1) is 11.4. The van der Waals surface area contributed by atoms with Crippen LogP contribution in [-0.4, -0.2) is 0 Å². The van der Waals surface area contributed by atoms with Crippen LogP contribution in [0.1, 0.15) is 12.5 Å². The summed E-state index contributed by atoms with van der Waals surface area (Å²) in [4.78, 5) is 0. The molecule has 0 amide bonds. The Bertz CT molecular complexity index is 459. The van der Waals surface area contributed by atoms with Crippen molar-refractivity contribution in [1.82, 2.24) is 0 Å². The van der Waals surface area contributed by atoms with Gasteiger partial charge in [0, 0.05) is 5.56 Å². The number of hydrogen-bond acceptors (Lipinski definition) is 1. The third-order valence-corrected chi connectivity index (χ3v) is 4.62. The highest BCUT2D eigenvalue weighted by molar-refractivity contribution is 14.1. The van der Waals surface area contributed by atoms with E-state index in [1.807, 2.05) is 6.07 Å². The summed E-state index contributed by atoms with van der Waals surface area (Å²) in [6.07, 6.45) is 1.09. The lowest BCUT2D eigenvalue weighted by atomic mass is 10.1. The predicted molar refractivity (Wildman–Crippen MR) is 76.9 cm³/mol. The molecule has 1 heterocycles. The monoisotopic (exact) mass is 348 g/mol. The molecule has 15 heavy (non-hydrogen) atoms. The SMILES string of the molecule is CCc1ccc(-c2cc(Cl)sc2I)cc1. The molecule has 0 spiro atoms. The van der Waals surface area contributed by atoms with Crippen LogP contribution < -0.4 is 0 Å². The molecule has 0 saturated carbocycles. The number of hydrogen-bond donors (Lipinski definition) is 0. The Morgan fingerprint density at radius 3 is 2.40 bits per heavy atom. The average Bonchev–Trinajstić information content (AvgIpc) is 2.58. The molecule has 0 aliphatic carbocycles. The minimum atomic E-state index is 0.856. The Kier molecular flexibility index (Phi) is 3.69. The molecule has 1 aromatic heterocycles. The van der Waals surface area contributed by atoms with Crippen LogP contribution in [0.25, 0.3) is 11.1 Å². The van der Waals surface area contributed by atoms with Gasteiger partial charge in [0.05, 0.1) is 7.22 Å². The fourth-order valence-electron chi connectivity index (χ4n) is 1.46. The van der Waals surface area contributed by atoms with Crippen molar-refractivity contribution in [3.63, 3.8) is 0 Å². The van der Waals surface area contributed by atoms with Gasteiger partial charge in [0.25, 0.3) is 0 Å². The van der Waals surface area contributed by atoms with E-state index in [0.717, 1.165) is 10.8 Å². The molecule has 0 nitrogen and oxygen atoms in total. The molecule has 0 bridgehead atoms. The van der Waals surface area contributed by atoms with Crippen molar-refractivity contribution in [3.05, 3.63) is 43.1 Å². The summed E-state index contributed by atoms with van der Waals surface area (Å²) < 4.78 is 2.11. The molecule has 1 aromatic carbocycles. The summed E-state index contributed by atoms with van der Waals surface area (Å²) >= 11 is 9.95. The summed E-state index contributed by atoms with van der Waals surface area (Å²) in [6.45, 7) is 2.17. The molecule has 0 N–H and O–H groups in total. The van der Waals surface area contributed by atoms with Gasteiger partial charge in [0.1, 0.15) is 0 Å². The molecule has 0 unspecified atom stereocenters. The second-order valence-corrected chi connectivity index (χ2v) is 6.78. The smallest absolute Gasteiger partial charge is 0.0946 e. The maximum atomic E-state index is 5.99. The first-order valence-corrected chi connectivity index (χ1v) is 7.02. The molecule has 0 saturated heterocycles. The third-order valence-electron chi connectivity index (χ3n) is 2.33. The number of benzene rings is 1. The number of aryl methyl sites for hydroxylation is 1. The van der Waals surface area contributed by atoms with E-state index in [2.05, 4.69) is 53.8 Å². The van der Waals surface area contributed by atoms with Crippen LogP contribution in [-0.2, 0) is 6.42 Å². The zero-order valence-corrected chi connectivity index (χ0v) is 12.0. The summed E-state index contributed by atoms with van der Waals surface area (Å²) in [5.74, 6) is 0. The van der Waals surface area contributed by atoms with Crippen LogP contribution in [0.5, 0.6) is 0 Å². The Morgan fingerprint density at radius 1 is 1.27 bits per heavy atom. The lowest BCUT2D eigenvalue weighted by Crippen LogP contribution is -1.80. The van der Waals surface area contributed by atoms with Crippen molar-refractivity contribution >= 4 is 45.5 Å². The molecular weight excluding hydrogens is 339 g/mol. The van der Waals surface area contributed by atoms with Crippen LogP contribution in [0.15, 0.2) is 30.3 Å². The summed E-state index contributed by atoms with van der Waals surface area (Å²) in [6, 6.07) is 10.7. The predicted octanol–water partition coefficient (Wildman–Crippen LogP) is 5.24. The largest absolute Gasteiger partial charge is 0.117 e. The molecule has 78 valence electrons. The minimum Gasteiger partial charge on any atom is -0.117 e. The summed E-state index contributed by atoms with van der Waals surface area (Å²) in [7, 11) is 0. The first-order valence-electron chi connectivity index (χ1n) is 4.75. The second-order valence-electron chi connectivity index (χ2n) is 3.29. The van der Waals surface area contributed by atoms with Gasteiger partial charge >= 0.3 is 0 Å². The average molecular weight is 349 g/mol. The highest BCUT2D eigenvalue weighted by Gasteiger charge is 2.07. The Hall–Kier alpha value is -0.0600. The van der Waals surface area contributed by atoms with Crippen LogP contribution in [0, 0.1) is 2.88 Å². The normalized spacial score (nSPS) is 10.6. The fourth-order valence-corrected chi connectivity index (χ4v) is 4.00. The van der Waals surface area contributed by atoms with Crippen LogP contribution in [0.4, 0.5) is 0 Å². The topological polar surface area (TPSA) is 0 Å². The Labute approximate surface area is 112 Å². The van der Waals surface area contributed by atoms with Crippen molar-refractivity contribution in [1.29, 1.82) is 0 Å². The molecule has 3 heteroatoms. The van der Waals surface area contributed by atoms with Crippen molar-refractivity contribution < 1.29 is 0 Å². The quantitative estimate of drug-likeness (QED) is 0.651. The molecule has 0 atom stereocenters.